The molecule has 6 heteroatoms. The number of amides is 1. The van der Waals surface area contributed by atoms with Crippen LogP contribution in [0.5, 0.6) is 0 Å². The van der Waals surface area contributed by atoms with Crippen LogP contribution in [-0.2, 0) is 5.60 Å². The minimum Gasteiger partial charge on any atom is -0.384 e. The second-order valence-corrected chi connectivity index (χ2v) is 6.32. The zero-order valence-corrected chi connectivity index (χ0v) is 13.0. The minimum absolute atomic E-state index is 0.0743. The fourth-order valence-corrected chi connectivity index (χ4v) is 2.84. The highest BCUT2D eigenvalue weighted by molar-refractivity contribution is 6.31. The zero-order chi connectivity index (χ0) is 15.7. The van der Waals surface area contributed by atoms with Crippen molar-refractivity contribution in [3.05, 3.63) is 52.3 Å². The third kappa shape index (κ3) is 3.00. The van der Waals surface area contributed by atoms with Crippen molar-refractivity contribution in [2.75, 3.05) is 6.54 Å². The van der Waals surface area contributed by atoms with Crippen molar-refractivity contribution >= 4 is 17.5 Å². The van der Waals surface area contributed by atoms with E-state index in [9.17, 15) is 9.90 Å². The molecule has 1 heterocycles. The molecular weight excluding hydrogens is 302 g/mol. The van der Waals surface area contributed by atoms with Crippen LogP contribution in [0, 0.1) is 0 Å². The number of rotatable bonds is 5. The Bertz CT molecular complexity index is 692. The maximum Gasteiger partial charge on any atom is 0.254 e. The molecule has 1 amide bonds. The Morgan fingerprint density at radius 1 is 1.50 bits per heavy atom. The van der Waals surface area contributed by atoms with Crippen molar-refractivity contribution in [3.8, 4) is 0 Å². The highest BCUT2D eigenvalue weighted by atomic mass is 35.5. The first-order valence-electron chi connectivity index (χ1n) is 7.28. The number of hydrogen-bond donors (Lipinski definition) is 3. The molecule has 2 aromatic rings. The van der Waals surface area contributed by atoms with E-state index in [1.807, 2.05) is 0 Å². The number of aromatic amines is 1. The van der Waals surface area contributed by atoms with Crippen LogP contribution in [0.4, 0.5) is 0 Å². The third-order valence-electron chi connectivity index (χ3n) is 3.95. The lowest BCUT2D eigenvalue weighted by atomic mass is 9.96. The average Bonchev–Trinajstić information content (AvgIpc) is 3.22. The number of carbonyl (C=O) groups excluding carboxylic acids is 1. The molecule has 1 atom stereocenters. The van der Waals surface area contributed by atoms with E-state index in [-0.39, 0.29) is 12.5 Å². The predicted molar refractivity (Wildman–Crippen MR) is 83.9 cm³/mol. The molecule has 3 N–H and O–H groups in total. The lowest BCUT2D eigenvalue weighted by molar-refractivity contribution is 0.0527. The molecule has 1 aromatic carbocycles. The summed E-state index contributed by atoms with van der Waals surface area (Å²) in [7, 11) is 0. The molecule has 3 rings (SSSR count). The lowest BCUT2D eigenvalue weighted by Crippen LogP contribution is -2.39. The molecule has 0 aliphatic heterocycles. The van der Waals surface area contributed by atoms with E-state index >= 15 is 0 Å². The second kappa shape index (κ2) is 5.74. The quantitative estimate of drug-likeness (QED) is 0.792. The maximum atomic E-state index is 12.3. The molecule has 1 aromatic heterocycles. The summed E-state index contributed by atoms with van der Waals surface area (Å²) in [6.07, 6.45) is 3.70. The smallest absolute Gasteiger partial charge is 0.254 e. The molecule has 1 saturated carbocycles. The molecule has 5 nitrogen and oxygen atoms in total. The second-order valence-electron chi connectivity index (χ2n) is 5.91. The van der Waals surface area contributed by atoms with Crippen molar-refractivity contribution in [2.45, 2.75) is 31.3 Å². The summed E-state index contributed by atoms with van der Waals surface area (Å²) < 4.78 is 0. The van der Waals surface area contributed by atoms with E-state index in [0.717, 1.165) is 18.5 Å². The van der Waals surface area contributed by atoms with Crippen molar-refractivity contribution in [1.29, 1.82) is 0 Å². The first-order valence-corrected chi connectivity index (χ1v) is 7.65. The van der Waals surface area contributed by atoms with Crippen LogP contribution in [0.3, 0.4) is 0 Å². The fraction of sp³-hybridized carbons (Fsp3) is 0.375. The van der Waals surface area contributed by atoms with Crippen LogP contribution in [0.15, 0.2) is 30.5 Å². The van der Waals surface area contributed by atoms with Gasteiger partial charge in [-0.15, -0.1) is 0 Å². The summed E-state index contributed by atoms with van der Waals surface area (Å²) in [6, 6.07) is 7.07. The molecule has 0 saturated heterocycles. The SMILES string of the molecule is CC(O)(CNC(=O)c1cn[nH]c1C1CC1)c1ccccc1Cl. The number of benzene rings is 1. The Morgan fingerprint density at radius 2 is 2.23 bits per heavy atom. The number of hydrogen-bond acceptors (Lipinski definition) is 3. The molecule has 0 spiro atoms. The van der Waals surface area contributed by atoms with E-state index in [4.69, 9.17) is 11.6 Å². The number of aliphatic hydroxyl groups is 1. The van der Waals surface area contributed by atoms with Crippen molar-refractivity contribution in [3.63, 3.8) is 0 Å². The molecule has 116 valence electrons. The highest BCUT2D eigenvalue weighted by Gasteiger charge is 2.31. The average molecular weight is 320 g/mol. The summed E-state index contributed by atoms with van der Waals surface area (Å²) in [5.41, 5.74) is 0.788. The van der Waals surface area contributed by atoms with Gasteiger partial charge in [-0.1, -0.05) is 29.8 Å². The van der Waals surface area contributed by atoms with E-state index in [1.165, 1.54) is 6.20 Å². The van der Waals surface area contributed by atoms with Crippen LogP contribution < -0.4 is 5.32 Å². The summed E-state index contributed by atoms with van der Waals surface area (Å²) in [4.78, 5) is 12.3. The van der Waals surface area contributed by atoms with Gasteiger partial charge < -0.3 is 10.4 Å². The first-order chi connectivity index (χ1) is 10.5. The van der Waals surface area contributed by atoms with Crippen molar-refractivity contribution < 1.29 is 9.90 Å². The largest absolute Gasteiger partial charge is 0.384 e. The van der Waals surface area contributed by atoms with Gasteiger partial charge in [0.1, 0.15) is 5.60 Å². The molecule has 0 radical (unpaired) electrons. The molecule has 1 aliphatic carbocycles. The van der Waals surface area contributed by atoms with Gasteiger partial charge in [0.25, 0.3) is 5.91 Å². The fourth-order valence-electron chi connectivity index (χ4n) is 2.50. The van der Waals surface area contributed by atoms with Crippen LogP contribution in [0.25, 0.3) is 0 Å². The third-order valence-corrected chi connectivity index (χ3v) is 4.28. The lowest BCUT2D eigenvalue weighted by Gasteiger charge is -2.25. The Balaban J connectivity index is 1.70. The van der Waals surface area contributed by atoms with Crippen LogP contribution in [0.1, 0.15) is 47.3 Å². The number of carbonyl (C=O) groups is 1. The van der Waals surface area contributed by atoms with Gasteiger partial charge in [-0.25, -0.2) is 0 Å². The van der Waals surface area contributed by atoms with Crippen molar-refractivity contribution in [2.24, 2.45) is 0 Å². The maximum absolute atomic E-state index is 12.3. The molecule has 1 aliphatic rings. The summed E-state index contributed by atoms with van der Waals surface area (Å²) >= 11 is 6.11. The monoisotopic (exact) mass is 319 g/mol. The molecule has 0 bridgehead atoms. The van der Waals surface area contributed by atoms with Gasteiger partial charge in [0.2, 0.25) is 0 Å². The highest BCUT2D eigenvalue weighted by Crippen LogP contribution is 2.40. The predicted octanol–water partition coefficient (Wildman–Crippen LogP) is 2.58. The normalized spacial score (nSPS) is 17.0. The molecule has 1 fully saturated rings. The molecular formula is C16H18ClN3O2. The number of aromatic nitrogens is 2. The number of H-pyrrole nitrogens is 1. The number of halogens is 1. The molecule has 1 unspecified atom stereocenters. The van der Waals surface area contributed by atoms with Crippen LogP contribution in [0.2, 0.25) is 5.02 Å². The summed E-state index contributed by atoms with van der Waals surface area (Å²) in [5, 5.41) is 20.7. The Labute approximate surface area is 133 Å². The van der Waals surface area contributed by atoms with Gasteiger partial charge in [-0.2, -0.15) is 5.10 Å². The van der Waals surface area contributed by atoms with Gasteiger partial charge in [0.05, 0.1) is 24.0 Å². The number of nitrogens with zero attached hydrogens (tertiary/aromatic N) is 1. The Morgan fingerprint density at radius 3 is 2.91 bits per heavy atom. The first kappa shape index (κ1) is 15.1. The van der Waals surface area contributed by atoms with Crippen LogP contribution >= 0.6 is 11.6 Å². The van der Waals surface area contributed by atoms with Gasteiger partial charge in [-0.3, -0.25) is 9.89 Å². The van der Waals surface area contributed by atoms with Crippen molar-refractivity contribution in [1.82, 2.24) is 15.5 Å². The zero-order valence-electron chi connectivity index (χ0n) is 12.3. The van der Waals surface area contributed by atoms with Gasteiger partial charge in [0.15, 0.2) is 0 Å². The standard InChI is InChI=1S/C16H18ClN3O2/c1-16(22,12-4-2-3-5-13(12)17)9-18-15(21)11-8-19-20-14(11)10-6-7-10/h2-5,8,10,22H,6-7,9H2,1H3,(H,18,21)(H,19,20). The summed E-state index contributed by atoms with van der Waals surface area (Å²) in [5.74, 6) is 0.176. The van der Waals surface area contributed by atoms with Gasteiger partial charge in [-0.05, 0) is 25.8 Å². The Hall–Kier alpha value is -1.85. The topological polar surface area (TPSA) is 78.0 Å². The van der Waals surface area contributed by atoms with E-state index in [2.05, 4.69) is 15.5 Å². The van der Waals surface area contributed by atoms with E-state index in [0.29, 0.717) is 22.1 Å². The van der Waals surface area contributed by atoms with E-state index in [1.54, 1.807) is 31.2 Å². The summed E-state index contributed by atoms with van der Waals surface area (Å²) in [6.45, 7) is 1.70. The van der Waals surface area contributed by atoms with E-state index < -0.39 is 5.60 Å². The minimum atomic E-state index is -1.24. The molecule has 22 heavy (non-hydrogen) atoms. The van der Waals surface area contributed by atoms with Gasteiger partial charge >= 0.3 is 0 Å². The Kier molecular flexibility index (Phi) is 3.93. The van der Waals surface area contributed by atoms with Gasteiger partial charge in [0, 0.05) is 16.5 Å². The van der Waals surface area contributed by atoms with Crippen LogP contribution in [-0.4, -0.2) is 27.8 Å². The number of nitrogens with one attached hydrogen (secondary N) is 2.